The molecule has 1 fully saturated rings. The molecular formula is C16H15FN2O4. The number of benzene rings is 1. The van der Waals surface area contributed by atoms with Gasteiger partial charge in [0.25, 0.3) is 5.91 Å². The number of halogens is 1. The van der Waals surface area contributed by atoms with Gasteiger partial charge < -0.3 is 19.7 Å². The lowest BCUT2D eigenvalue weighted by Crippen LogP contribution is -2.19. The van der Waals surface area contributed by atoms with E-state index in [4.69, 9.17) is 9.52 Å². The number of carbonyl (C=O) groups excluding carboxylic acids is 1. The molecule has 0 aliphatic carbocycles. The molecule has 1 aromatic heterocycles. The van der Waals surface area contributed by atoms with Crippen molar-refractivity contribution in [3.63, 3.8) is 0 Å². The SMILES string of the molecule is O=C(O)c1ccc(C(=O)Nc2ccc(N3CCCC3)c(F)c2)o1. The number of hydrogen-bond donors (Lipinski definition) is 2. The van der Waals surface area contributed by atoms with Crippen LogP contribution in [0.5, 0.6) is 0 Å². The molecule has 6 nitrogen and oxygen atoms in total. The van der Waals surface area contributed by atoms with E-state index in [1.165, 1.54) is 18.2 Å². The largest absolute Gasteiger partial charge is 0.475 e. The maximum Gasteiger partial charge on any atom is 0.371 e. The quantitative estimate of drug-likeness (QED) is 0.905. The predicted molar refractivity (Wildman–Crippen MR) is 81.5 cm³/mol. The van der Waals surface area contributed by atoms with Gasteiger partial charge in [0.05, 0.1) is 5.69 Å². The summed E-state index contributed by atoms with van der Waals surface area (Å²) in [5, 5.41) is 11.2. The van der Waals surface area contributed by atoms with E-state index in [0.717, 1.165) is 25.9 Å². The number of aromatic carboxylic acids is 1. The molecule has 2 heterocycles. The van der Waals surface area contributed by atoms with Crippen LogP contribution >= 0.6 is 0 Å². The minimum Gasteiger partial charge on any atom is -0.475 e. The molecule has 0 radical (unpaired) electrons. The van der Waals surface area contributed by atoms with E-state index in [1.54, 1.807) is 12.1 Å². The maximum absolute atomic E-state index is 14.2. The van der Waals surface area contributed by atoms with Crippen LogP contribution in [0, 0.1) is 5.82 Å². The summed E-state index contributed by atoms with van der Waals surface area (Å²) in [4.78, 5) is 24.7. The third kappa shape index (κ3) is 3.18. The first-order valence-corrected chi connectivity index (χ1v) is 7.23. The Morgan fingerprint density at radius 3 is 2.43 bits per heavy atom. The average Bonchev–Trinajstić information content (AvgIpc) is 3.19. The Morgan fingerprint density at radius 2 is 1.83 bits per heavy atom. The van der Waals surface area contributed by atoms with Gasteiger partial charge in [-0.25, -0.2) is 9.18 Å². The zero-order valence-corrected chi connectivity index (χ0v) is 12.2. The van der Waals surface area contributed by atoms with Crippen molar-refractivity contribution >= 4 is 23.3 Å². The number of nitrogens with one attached hydrogen (secondary N) is 1. The minimum atomic E-state index is -1.26. The van der Waals surface area contributed by atoms with Crippen molar-refractivity contribution in [2.45, 2.75) is 12.8 Å². The van der Waals surface area contributed by atoms with E-state index in [1.807, 2.05) is 4.90 Å². The van der Waals surface area contributed by atoms with Crippen molar-refractivity contribution in [3.05, 3.63) is 47.7 Å². The van der Waals surface area contributed by atoms with Crippen molar-refractivity contribution in [1.82, 2.24) is 0 Å². The second-order valence-corrected chi connectivity index (χ2v) is 5.28. The summed E-state index contributed by atoms with van der Waals surface area (Å²) in [7, 11) is 0. The summed E-state index contributed by atoms with van der Waals surface area (Å²) in [5.74, 6) is -2.77. The monoisotopic (exact) mass is 318 g/mol. The fourth-order valence-corrected chi connectivity index (χ4v) is 2.57. The molecule has 0 bridgehead atoms. The lowest BCUT2D eigenvalue weighted by atomic mass is 10.2. The molecule has 23 heavy (non-hydrogen) atoms. The van der Waals surface area contributed by atoms with Gasteiger partial charge in [-0.05, 0) is 43.2 Å². The number of carboxylic acids is 1. The molecule has 0 atom stereocenters. The predicted octanol–water partition coefficient (Wildman–Crippen LogP) is 2.97. The molecule has 0 unspecified atom stereocenters. The highest BCUT2D eigenvalue weighted by atomic mass is 19.1. The molecule has 7 heteroatoms. The molecule has 1 aromatic carbocycles. The Labute approximate surface area is 131 Å². The van der Waals surface area contributed by atoms with E-state index in [0.29, 0.717) is 5.69 Å². The Morgan fingerprint density at radius 1 is 1.13 bits per heavy atom. The van der Waals surface area contributed by atoms with Crippen molar-refractivity contribution < 1.29 is 23.5 Å². The third-order valence-corrected chi connectivity index (χ3v) is 3.69. The van der Waals surface area contributed by atoms with Crippen LogP contribution in [0.25, 0.3) is 0 Å². The maximum atomic E-state index is 14.2. The van der Waals surface area contributed by atoms with Crippen molar-refractivity contribution in [1.29, 1.82) is 0 Å². The van der Waals surface area contributed by atoms with Gasteiger partial charge in [-0.2, -0.15) is 0 Å². The van der Waals surface area contributed by atoms with E-state index < -0.39 is 17.7 Å². The van der Waals surface area contributed by atoms with Gasteiger partial charge in [0.2, 0.25) is 5.76 Å². The van der Waals surface area contributed by atoms with Crippen LogP contribution in [0.1, 0.15) is 34.0 Å². The van der Waals surface area contributed by atoms with Gasteiger partial charge in [0.15, 0.2) is 5.76 Å². The van der Waals surface area contributed by atoms with Crippen LogP contribution in [0.15, 0.2) is 34.7 Å². The number of carboxylic acid groups (broad SMARTS) is 1. The first-order chi connectivity index (χ1) is 11.0. The van der Waals surface area contributed by atoms with Crippen LogP contribution in [-0.4, -0.2) is 30.1 Å². The standard InChI is InChI=1S/C16H15FN2O4/c17-11-9-10(3-4-12(11)19-7-1-2-8-19)18-15(20)13-5-6-14(23-13)16(21)22/h3-6,9H,1-2,7-8H2,(H,18,20)(H,21,22). The summed E-state index contributed by atoms with van der Waals surface area (Å²) >= 11 is 0. The first-order valence-electron chi connectivity index (χ1n) is 7.23. The van der Waals surface area contributed by atoms with E-state index in [9.17, 15) is 14.0 Å². The van der Waals surface area contributed by atoms with Crippen LogP contribution in [0.4, 0.5) is 15.8 Å². The summed E-state index contributed by atoms with van der Waals surface area (Å²) in [5.41, 5.74) is 0.801. The molecule has 0 spiro atoms. The van der Waals surface area contributed by atoms with Gasteiger partial charge in [0, 0.05) is 18.8 Å². The summed E-state index contributed by atoms with van der Waals surface area (Å²) < 4.78 is 19.1. The highest BCUT2D eigenvalue weighted by molar-refractivity contribution is 6.03. The molecule has 1 aliphatic rings. The van der Waals surface area contributed by atoms with Gasteiger partial charge in [-0.15, -0.1) is 0 Å². The second kappa shape index (κ2) is 6.12. The minimum absolute atomic E-state index is 0.147. The summed E-state index contributed by atoms with van der Waals surface area (Å²) in [6.45, 7) is 1.65. The molecule has 1 aliphatic heterocycles. The van der Waals surface area contributed by atoms with Crippen LogP contribution in [-0.2, 0) is 0 Å². The molecule has 2 N–H and O–H groups in total. The number of carbonyl (C=O) groups is 2. The number of hydrogen-bond acceptors (Lipinski definition) is 4. The lowest BCUT2D eigenvalue weighted by Gasteiger charge is -2.18. The van der Waals surface area contributed by atoms with Gasteiger partial charge in [-0.3, -0.25) is 4.79 Å². The Hall–Kier alpha value is -2.83. The molecule has 120 valence electrons. The normalized spacial score (nSPS) is 14.0. The number of nitrogens with zero attached hydrogens (tertiary/aromatic N) is 1. The van der Waals surface area contributed by atoms with E-state index in [2.05, 4.69) is 5.32 Å². The summed E-state index contributed by atoms with van der Waals surface area (Å²) in [6, 6.07) is 6.92. The topological polar surface area (TPSA) is 82.8 Å². The zero-order chi connectivity index (χ0) is 16.4. The van der Waals surface area contributed by atoms with Gasteiger partial charge in [-0.1, -0.05) is 0 Å². The van der Waals surface area contributed by atoms with Crippen molar-refractivity contribution in [3.8, 4) is 0 Å². The van der Waals surface area contributed by atoms with Crippen molar-refractivity contribution in [2.75, 3.05) is 23.3 Å². The summed E-state index contributed by atoms with van der Waals surface area (Å²) in [6.07, 6.45) is 2.09. The molecule has 0 saturated carbocycles. The fourth-order valence-electron chi connectivity index (χ4n) is 2.57. The number of furan rings is 1. The van der Waals surface area contributed by atoms with Crippen LogP contribution in [0.3, 0.4) is 0 Å². The smallest absolute Gasteiger partial charge is 0.371 e. The first kappa shape index (κ1) is 15.1. The lowest BCUT2D eigenvalue weighted by molar-refractivity contribution is 0.0660. The number of rotatable bonds is 4. The Balaban J connectivity index is 1.73. The molecule has 2 aromatic rings. The second-order valence-electron chi connectivity index (χ2n) is 5.28. The third-order valence-electron chi connectivity index (χ3n) is 3.69. The zero-order valence-electron chi connectivity index (χ0n) is 12.2. The van der Waals surface area contributed by atoms with E-state index >= 15 is 0 Å². The highest BCUT2D eigenvalue weighted by Crippen LogP contribution is 2.26. The van der Waals surface area contributed by atoms with Crippen LogP contribution < -0.4 is 10.2 Å². The van der Waals surface area contributed by atoms with Gasteiger partial charge in [0.1, 0.15) is 5.82 Å². The molecular weight excluding hydrogens is 303 g/mol. The molecule has 1 amide bonds. The van der Waals surface area contributed by atoms with Crippen molar-refractivity contribution in [2.24, 2.45) is 0 Å². The molecule has 1 saturated heterocycles. The fraction of sp³-hybridized carbons (Fsp3) is 0.250. The van der Waals surface area contributed by atoms with Crippen LogP contribution in [0.2, 0.25) is 0 Å². The van der Waals surface area contributed by atoms with Gasteiger partial charge >= 0.3 is 5.97 Å². The Kier molecular flexibility index (Phi) is 4.01. The number of amides is 1. The highest BCUT2D eigenvalue weighted by Gasteiger charge is 2.18. The van der Waals surface area contributed by atoms with E-state index in [-0.39, 0.29) is 17.2 Å². The number of anilines is 2. The Bertz CT molecular complexity index is 750. The molecule has 3 rings (SSSR count). The average molecular weight is 318 g/mol.